The highest BCUT2D eigenvalue weighted by molar-refractivity contribution is 7.90. The van der Waals surface area contributed by atoms with Crippen LogP contribution in [0.3, 0.4) is 0 Å². The highest BCUT2D eigenvalue weighted by Gasteiger charge is 2.32. The molecule has 0 aromatic heterocycles. The van der Waals surface area contributed by atoms with Crippen LogP contribution >= 0.6 is 11.6 Å². The van der Waals surface area contributed by atoms with E-state index in [9.17, 15) is 18.0 Å². The van der Waals surface area contributed by atoms with Crippen LogP contribution in [-0.2, 0) is 14.6 Å². The van der Waals surface area contributed by atoms with Crippen molar-refractivity contribution < 1.29 is 18.0 Å². The molecule has 1 atom stereocenters. The van der Waals surface area contributed by atoms with E-state index in [1.807, 2.05) is 49.1 Å². The molecule has 4 rings (SSSR count). The first kappa shape index (κ1) is 27.9. The largest absolute Gasteiger partial charge is 0.341 e. The zero-order valence-electron chi connectivity index (χ0n) is 21.9. The lowest BCUT2D eigenvalue weighted by Crippen LogP contribution is -2.52. The number of carbonyl (C=O) groups is 2. The number of benzene rings is 3. The van der Waals surface area contributed by atoms with Gasteiger partial charge in [0.2, 0.25) is 5.91 Å². The van der Waals surface area contributed by atoms with Crippen LogP contribution < -0.4 is 5.32 Å². The van der Waals surface area contributed by atoms with Gasteiger partial charge in [-0.3, -0.25) is 9.59 Å². The maximum atomic E-state index is 13.5. The second-order valence-electron chi connectivity index (χ2n) is 10.2. The Morgan fingerprint density at radius 3 is 2.13 bits per heavy atom. The number of nitrogens with zero attached hydrogens (tertiary/aromatic N) is 1. The smallest absolute Gasteiger partial charge is 0.251 e. The van der Waals surface area contributed by atoms with Crippen LogP contribution in [0.1, 0.15) is 48.5 Å². The fourth-order valence-electron chi connectivity index (χ4n) is 4.85. The third-order valence-electron chi connectivity index (χ3n) is 7.09. The Morgan fingerprint density at radius 1 is 0.921 bits per heavy atom. The number of amides is 2. The average molecular weight is 553 g/mol. The van der Waals surface area contributed by atoms with Gasteiger partial charge in [0.15, 0.2) is 9.84 Å². The summed E-state index contributed by atoms with van der Waals surface area (Å²) in [5.41, 5.74) is 3.06. The van der Waals surface area contributed by atoms with Gasteiger partial charge in [0.25, 0.3) is 5.91 Å². The highest BCUT2D eigenvalue weighted by atomic mass is 35.5. The molecule has 0 spiro atoms. The number of hydrogen-bond acceptors (Lipinski definition) is 4. The van der Waals surface area contributed by atoms with Crippen molar-refractivity contribution in [3.05, 3.63) is 88.9 Å². The Labute approximate surface area is 229 Å². The van der Waals surface area contributed by atoms with E-state index in [0.717, 1.165) is 18.4 Å². The van der Waals surface area contributed by atoms with Crippen molar-refractivity contribution in [2.24, 2.45) is 5.92 Å². The van der Waals surface area contributed by atoms with Crippen LogP contribution in [0.4, 0.5) is 0 Å². The zero-order chi connectivity index (χ0) is 27.4. The van der Waals surface area contributed by atoms with Crippen LogP contribution in [0, 0.1) is 5.92 Å². The molecule has 6 nitrogen and oxygen atoms in total. The summed E-state index contributed by atoms with van der Waals surface area (Å²) in [6.07, 6.45) is 2.89. The maximum Gasteiger partial charge on any atom is 0.251 e. The molecule has 0 unspecified atom stereocenters. The van der Waals surface area contributed by atoms with Crippen LogP contribution in [0.15, 0.2) is 77.7 Å². The van der Waals surface area contributed by atoms with Crippen LogP contribution in [-0.4, -0.2) is 50.5 Å². The summed E-state index contributed by atoms with van der Waals surface area (Å²) in [7, 11) is -3.35. The minimum Gasteiger partial charge on any atom is -0.341 e. The van der Waals surface area contributed by atoms with Gasteiger partial charge in [0.1, 0.15) is 6.04 Å². The first-order valence-electron chi connectivity index (χ1n) is 12.8. The third-order valence-corrected chi connectivity index (χ3v) is 8.45. The summed E-state index contributed by atoms with van der Waals surface area (Å²) < 4.78 is 23.9. The summed E-state index contributed by atoms with van der Waals surface area (Å²) in [6, 6.07) is 20.9. The Kier molecular flexibility index (Phi) is 8.58. The van der Waals surface area contributed by atoms with Crippen LogP contribution in [0.5, 0.6) is 0 Å². The summed E-state index contributed by atoms with van der Waals surface area (Å²) in [5.74, 6) is -0.114. The molecule has 3 aromatic carbocycles. The molecule has 200 valence electrons. The van der Waals surface area contributed by atoms with Gasteiger partial charge < -0.3 is 10.2 Å². The predicted molar refractivity (Wildman–Crippen MR) is 151 cm³/mol. The Hall–Kier alpha value is -3.16. The molecule has 8 heteroatoms. The molecule has 0 radical (unpaired) electrons. The fourth-order valence-corrected chi connectivity index (χ4v) is 5.64. The lowest BCUT2D eigenvalue weighted by Gasteiger charge is -2.35. The third kappa shape index (κ3) is 6.63. The van der Waals surface area contributed by atoms with Gasteiger partial charge in [-0.15, -0.1) is 0 Å². The molecule has 38 heavy (non-hydrogen) atoms. The Morgan fingerprint density at radius 2 is 1.53 bits per heavy atom. The van der Waals surface area contributed by atoms with Crippen molar-refractivity contribution in [3.63, 3.8) is 0 Å². The van der Waals surface area contributed by atoms with E-state index in [2.05, 4.69) is 5.32 Å². The normalized spacial score (nSPS) is 15.3. The van der Waals surface area contributed by atoms with E-state index >= 15 is 0 Å². The van der Waals surface area contributed by atoms with E-state index in [1.54, 1.807) is 42.5 Å². The van der Waals surface area contributed by atoms with Gasteiger partial charge >= 0.3 is 0 Å². The minimum atomic E-state index is -3.35. The summed E-state index contributed by atoms with van der Waals surface area (Å²) in [5, 5.41) is 3.67. The van der Waals surface area contributed by atoms with Crippen molar-refractivity contribution in [1.82, 2.24) is 10.2 Å². The summed E-state index contributed by atoms with van der Waals surface area (Å²) >= 11 is 6.02. The van der Waals surface area contributed by atoms with E-state index in [-0.39, 0.29) is 22.6 Å². The molecule has 1 fully saturated rings. The summed E-state index contributed by atoms with van der Waals surface area (Å²) in [4.78, 5) is 28.8. The van der Waals surface area contributed by atoms with Crippen LogP contribution in [0.25, 0.3) is 11.1 Å². The van der Waals surface area contributed by atoms with Crippen molar-refractivity contribution in [2.45, 2.75) is 43.5 Å². The quantitative estimate of drug-likeness (QED) is 0.415. The molecule has 0 aliphatic carbocycles. The fraction of sp³-hybridized carbons (Fsp3) is 0.333. The van der Waals surface area contributed by atoms with Crippen molar-refractivity contribution in [3.8, 4) is 11.1 Å². The number of sulfone groups is 1. The number of rotatable bonds is 7. The van der Waals surface area contributed by atoms with E-state index in [0.29, 0.717) is 35.2 Å². The summed E-state index contributed by atoms with van der Waals surface area (Å²) in [6.45, 7) is 5.13. The molecule has 1 aliphatic heterocycles. The number of halogens is 1. The van der Waals surface area contributed by atoms with Gasteiger partial charge in [-0.2, -0.15) is 0 Å². The Bertz CT molecular complexity index is 1410. The number of piperidine rings is 1. The van der Waals surface area contributed by atoms with Gasteiger partial charge in [-0.1, -0.05) is 61.8 Å². The van der Waals surface area contributed by atoms with E-state index in [1.165, 1.54) is 11.8 Å². The standard InChI is InChI=1S/C30H33ClN2O4S/c1-20(2)28(30(35)33-16-14-22(15-17-33)21-10-12-26(31)13-11-21)32-29(34)25-8-4-6-23(18-25)24-7-5-9-27(19-24)38(3,36)37/h4-13,18-20,22,28H,14-17H2,1-3H3,(H,32,34)/t28-/m1/s1. The number of carbonyl (C=O) groups excluding carboxylic acids is 2. The number of likely N-dealkylation sites (tertiary alicyclic amines) is 1. The number of hydrogen-bond donors (Lipinski definition) is 1. The topological polar surface area (TPSA) is 83.5 Å². The molecule has 0 bridgehead atoms. The van der Waals surface area contributed by atoms with Crippen molar-refractivity contribution in [2.75, 3.05) is 19.3 Å². The molecule has 1 saturated heterocycles. The average Bonchev–Trinajstić information content (AvgIpc) is 2.91. The molecule has 1 heterocycles. The maximum absolute atomic E-state index is 13.5. The second-order valence-corrected chi connectivity index (χ2v) is 12.7. The molecule has 2 amide bonds. The van der Waals surface area contributed by atoms with Crippen LogP contribution in [0.2, 0.25) is 5.02 Å². The van der Waals surface area contributed by atoms with Gasteiger partial charge in [0.05, 0.1) is 4.90 Å². The molecule has 3 aromatic rings. The van der Waals surface area contributed by atoms with Crippen molar-refractivity contribution >= 4 is 33.3 Å². The SMILES string of the molecule is CC(C)[C@@H](NC(=O)c1cccc(-c2cccc(S(C)(=O)=O)c2)c1)C(=O)N1CCC(c2ccc(Cl)cc2)CC1. The molecular weight excluding hydrogens is 520 g/mol. The lowest BCUT2D eigenvalue weighted by atomic mass is 9.89. The molecular formula is C30H33ClN2O4S. The first-order valence-corrected chi connectivity index (χ1v) is 15.1. The second kappa shape index (κ2) is 11.7. The number of nitrogens with one attached hydrogen (secondary N) is 1. The zero-order valence-corrected chi connectivity index (χ0v) is 23.4. The van der Waals surface area contributed by atoms with Crippen molar-refractivity contribution in [1.29, 1.82) is 0 Å². The molecule has 1 N–H and O–H groups in total. The predicted octanol–water partition coefficient (Wildman–Crippen LogP) is 5.57. The first-order chi connectivity index (χ1) is 18.0. The lowest BCUT2D eigenvalue weighted by molar-refractivity contribution is -0.135. The monoisotopic (exact) mass is 552 g/mol. The van der Waals surface area contributed by atoms with Gasteiger partial charge in [-0.05, 0) is 77.8 Å². The Balaban J connectivity index is 1.44. The van der Waals surface area contributed by atoms with Gasteiger partial charge in [0, 0.05) is 29.9 Å². The molecule has 0 saturated carbocycles. The molecule has 1 aliphatic rings. The minimum absolute atomic E-state index is 0.0695. The van der Waals surface area contributed by atoms with E-state index < -0.39 is 15.9 Å². The van der Waals surface area contributed by atoms with Gasteiger partial charge in [-0.25, -0.2) is 8.42 Å². The highest BCUT2D eigenvalue weighted by Crippen LogP contribution is 2.29. The van der Waals surface area contributed by atoms with E-state index in [4.69, 9.17) is 11.6 Å².